The van der Waals surface area contributed by atoms with Crippen LogP contribution in [0.25, 0.3) is 5.65 Å². The highest BCUT2D eigenvalue weighted by Crippen LogP contribution is 2.24. The van der Waals surface area contributed by atoms with E-state index < -0.39 is 0 Å². The first-order chi connectivity index (χ1) is 8.74. The molecule has 0 aliphatic carbocycles. The number of hydrogen-bond acceptors (Lipinski definition) is 3. The Bertz CT molecular complexity index is 566. The molecule has 1 aliphatic rings. The molecule has 1 saturated heterocycles. The lowest BCUT2D eigenvalue weighted by Crippen LogP contribution is -2.19. The van der Waals surface area contributed by atoms with Crippen LogP contribution < -0.4 is 0 Å². The zero-order valence-corrected chi connectivity index (χ0v) is 12.1. The van der Waals surface area contributed by atoms with Gasteiger partial charge in [-0.3, -0.25) is 0 Å². The lowest BCUT2D eigenvalue weighted by molar-refractivity contribution is 0.0661. The van der Waals surface area contributed by atoms with Crippen LogP contribution in [0.2, 0.25) is 5.15 Å². The lowest BCUT2D eigenvalue weighted by atomic mass is 9.95. The molecule has 2 aromatic heterocycles. The van der Waals surface area contributed by atoms with Gasteiger partial charge < -0.3 is 4.74 Å². The highest BCUT2D eigenvalue weighted by molar-refractivity contribution is 9.10. The average molecular weight is 331 g/mol. The van der Waals surface area contributed by atoms with Crippen molar-refractivity contribution in [1.82, 2.24) is 14.6 Å². The molecule has 1 fully saturated rings. The predicted molar refractivity (Wildman–Crippen MR) is 72.9 cm³/mol. The van der Waals surface area contributed by atoms with Gasteiger partial charge in [-0.25, -0.2) is 9.50 Å². The van der Waals surface area contributed by atoms with Crippen LogP contribution in [0.3, 0.4) is 0 Å². The monoisotopic (exact) mass is 329 g/mol. The Morgan fingerprint density at radius 3 is 3.00 bits per heavy atom. The van der Waals surface area contributed by atoms with E-state index in [0.717, 1.165) is 48.3 Å². The molecule has 2 aromatic rings. The van der Waals surface area contributed by atoms with Gasteiger partial charge in [-0.1, -0.05) is 11.6 Å². The first-order valence-corrected chi connectivity index (χ1v) is 7.17. The molecule has 0 bridgehead atoms. The molecule has 0 radical (unpaired) electrons. The summed E-state index contributed by atoms with van der Waals surface area (Å²) in [7, 11) is 0. The van der Waals surface area contributed by atoms with Crippen LogP contribution >= 0.6 is 27.5 Å². The third kappa shape index (κ3) is 2.39. The summed E-state index contributed by atoms with van der Waals surface area (Å²) in [6, 6.07) is 1.91. The molecule has 0 N–H and O–H groups in total. The van der Waals surface area contributed by atoms with Crippen molar-refractivity contribution in [2.24, 2.45) is 5.92 Å². The quantitative estimate of drug-likeness (QED) is 0.794. The number of halogens is 2. The maximum absolute atomic E-state index is 6.07. The lowest BCUT2D eigenvalue weighted by Gasteiger charge is -2.22. The van der Waals surface area contributed by atoms with Crippen molar-refractivity contribution in [2.75, 3.05) is 13.2 Å². The number of hydrogen-bond donors (Lipinski definition) is 0. The van der Waals surface area contributed by atoms with E-state index in [-0.39, 0.29) is 0 Å². The first kappa shape index (κ1) is 12.4. The third-order valence-corrected chi connectivity index (χ3v) is 4.06. The van der Waals surface area contributed by atoms with Crippen LogP contribution in [-0.2, 0) is 11.2 Å². The van der Waals surface area contributed by atoms with Gasteiger partial charge in [0.2, 0.25) is 0 Å². The Balaban J connectivity index is 1.94. The molecule has 4 nitrogen and oxygen atoms in total. The van der Waals surface area contributed by atoms with Crippen molar-refractivity contribution in [3.63, 3.8) is 0 Å². The zero-order valence-electron chi connectivity index (χ0n) is 9.77. The SMILES string of the molecule is Clc1cc(CC2CCOCC2)n2ncc(Br)c2n1. The second-order valence-corrected chi connectivity index (χ2v) is 5.80. The molecule has 0 aromatic carbocycles. The second kappa shape index (κ2) is 5.15. The highest BCUT2D eigenvalue weighted by Gasteiger charge is 2.17. The highest BCUT2D eigenvalue weighted by atomic mass is 79.9. The summed E-state index contributed by atoms with van der Waals surface area (Å²) in [4.78, 5) is 4.28. The Kier molecular flexibility index (Phi) is 3.54. The molecule has 6 heteroatoms. The Morgan fingerprint density at radius 2 is 2.22 bits per heavy atom. The van der Waals surface area contributed by atoms with E-state index in [1.54, 1.807) is 6.20 Å². The van der Waals surface area contributed by atoms with Gasteiger partial charge in [0.05, 0.1) is 10.7 Å². The molecule has 3 heterocycles. The van der Waals surface area contributed by atoms with Crippen molar-refractivity contribution in [2.45, 2.75) is 19.3 Å². The summed E-state index contributed by atoms with van der Waals surface area (Å²) in [5, 5.41) is 4.86. The minimum Gasteiger partial charge on any atom is -0.381 e. The van der Waals surface area contributed by atoms with Crippen molar-refractivity contribution in [1.29, 1.82) is 0 Å². The standard InChI is InChI=1S/C12H13BrClN3O/c13-10-7-15-17-9(6-11(14)16-12(10)17)5-8-1-3-18-4-2-8/h6-8H,1-5H2. The van der Waals surface area contributed by atoms with Gasteiger partial charge in [0, 0.05) is 18.9 Å². The van der Waals surface area contributed by atoms with Crippen LogP contribution in [0.4, 0.5) is 0 Å². The maximum atomic E-state index is 6.07. The summed E-state index contributed by atoms with van der Waals surface area (Å²) in [6.45, 7) is 1.71. The van der Waals surface area contributed by atoms with Crippen LogP contribution in [-0.4, -0.2) is 27.8 Å². The molecular weight excluding hydrogens is 318 g/mol. The molecule has 0 saturated carbocycles. The second-order valence-electron chi connectivity index (χ2n) is 4.56. The van der Waals surface area contributed by atoms with Gasteiger partial charge in [0.25, 0.3) is 0 Å². The van der Waals surface area contributed by atoms with E-state index in [4.69, 9.17) is 16.3 Å². The fourth-order valence-electron chi connectivity index (χ4n) is 2.36. The van der Waals surface area contributed by atoms with Crippen LogP contribution in [0.1, 0.15) is 18.5 Å². The fourth-order valence-corrected chi connectivity index (χ4v) is 2.91. The molecule has 0 unspecified atom stereocenters. The molecule has 0 spiro atoms. The predicted octanol–water partition coefficient (Wildman–Crippen LogP) is 3.11. The smallest absolute Gasteiger partial charge is 0.171 e. The van der Waals surface area contributed by atoms with Gasteiger partial charge in [0.1, 0.15) is 5.15 Å². The molecular formula is C12H13BrClN3O. The molecule has 18 heavy (non-hydrogen) atoms. The Labute approximate surface area is 118 Å². The van der Waals surface area contributed by atoms with Crippen molar-refractivity contribution >= 4 is 33.2 Å². The number of nitrogens with zero attached hydrogens (tertiary/aromatic N) is 3. The van der Waals surface area contributed by atoms with Crippen molar-refractivity contribution in [3.05, 3.63) is 27.6 Å². The topological polar surface area (TPSA) is 39.4 Å². The Hall–Kier alpha value is -0.650. The van der Waals surface area contributed by atoms with Crippen LogP contribution in [0, 0.1) is 5.92 Å². The summed E-state index contributed by atoms with van der Waals surface area (Å²) < 4.78 is 8.12. The van der Waals surface area contributed by atoms with Gasteiger partial charge in [-0.2, -0.15) is 5.10 Å². The Morgan fingerprint density at radius 1 is 1.44 bits per heavy atom. The van der Waals surface area contributed by atoms with Gasteiger partial charge in [-0.15, -0.1) is 0 Å². The number of ether oxygens (including phenoxy) is 1. The number of rotatable bonds is 2. The van der Waals surface area contributed by atoms with Crippen LogP contribution in [0.5, 0.6) is 0 Å². The van der Waals surface area contributed by atoms with E-state index >= 15 is 0 Å². The van der Waals surface area contributed by atoms with Gasteiger partial charge in [-0.05, 0) is 47.2 Å². The van der Waals surface area contributed by atoms with Crippen molar-refractivity contribution < 1.29 is 4.74 Å². The molecule has 3 rings (SSSR count). The van der Waals surface area contributed by atoms with E-state index in [2.05, 4.69) is 26.0 Å². The number of aromatic nitrogens is 3. The van der Waals surface area contributed by atoms with Crippen molar-refractivity contribution in [3.8, 4) is 0 Å². The molecule has 1 aliphatic heterocycles. The largest absolute Gasteiger partial charge is 0.381 e. The van der Waals surface area contributed by atoms with E-state index in [0.29, 0.717) is 11.1 Å². The fraction of sp³-hybridized carbons (Fsp3) is 0.500. The third-order valence-electron chi connectivity index (χ3n) is 3.31. The zero-order chi connectivity index (χ0) is 12.5. The van der Waals surface area contributed by atoms with Gasteiger partial charge >= 0.3 is 0 Å². The summed E-state index contributed by atoms with van der Waals surface area (Å²) in [6.07, 6.45) is 4.93. The summed E-state index contributed by atoms with van der Waals surface area (Å²) in [5.41, 5.74) is 1.90. The number of fused-ring (bicyclic) bond motifs is 1. The molecule has 0 amide bonds. The minimum atomic E-state index is 0.519. The normalized spacial score (nSPS) is 17.4. The van der Waals surface area contributed by atoms with E-state index in [1.165, 1.54) is 0 Å². The maximum Gasteiger partial charge on any atom is 0.171 e. The van der Waals surface area contributed by atoms with Crippen LogP contribution in [0.15, 0.2) is 16.7 Å². The first-order valence-electron chi connectivity index (χ1n) is 6.00. The average Bonchev–Trinajstić information content (AvgIpc) is 2.73. The van der Waals surface area contributed by atoms with E-state index in [9.17, 15) is 0 Å². The summed E-state index contributed by atoms with van der Waals surface area (Å²) in [5.74, 6) is 0.642. The molecule has 0 atom stereocenters. The molecule has 96 valence electrons. The van der Waals surface area contributed by atoms with E-state index in [1.807, 2.05) is 10.6 Å². The minimum absolute atomic E-state index is 0.519. The summed E-state index contributed by atoms with van der Waals surface area (Å²) >= 11 is 9.51. The van der Waals surface area contributed by atoms with Gasteiger partial charge in [0.15, 0.2) is 5.65 Å².